The number of ether oxygens (including phenoxy) is 1. The SMILES string of the molecule is Cc1ccc(F)cc1COc1ccc(Br)cc1N. The summed E-state index contributed by atoms with van der Waals surface area (Å²) < 4.78 is 19.6. The van der Waals surface area contributed by atoms with E-state index in [9.17, 15) is 4.39 Å². The summed E-state index contributed by atoms with van der Waals surface area (Å²) in [6.07, 6.45) is 0. The molecule has 0 amide bonds. The second-order valence-corrected chi connectivity index (χ2v) is 4.96. The van der Waals surface area contributed by atoms with Crippen molar-refractivity contribution in [1.82, 2.24) is 0 Å². The molecule has 0 saturated heterocycles. The molecule has 2 aromatic carbocycles. The zero-order valence-corrected chi connectivity index (χ0v) is 11.5. The molecule has 2 N–H and O–H groups in total. The van der Waals surface area contributed by atoms with Crippen LogP contribution in [0.15, 0.2) is 40.9 Å². The van der Waals surface area contributed by atoms with E-state index in [2.05, 4.69) is 15.9 Å². The highest BCUT2D eigenvalue weighted by molar-refractivity contribution is 9.10. The lowest BCUT2D eigenvalue weighted by Gasteiger charge is -2.11. The zero-order valence-electron chi connectivity index (χ0n) is 9.91. The van der Waals surface area contributed by atoms with Crippen LogP contribution >= 0.6 is 15.9 Å². The van der Waals surface area contributed by atoms with Crippen LogP contribution in [0, 0.1) is 12.7 Å². The molecule has 0 saturated carbocycles. The first-order valence-electron chi connectivity index (χ1n) is 5.49. The number of benzene rings is 2. The van der Waals surface area contributed by atoms with Gasteiger partial charge in [0, 0.05) is 4.47 Å². The molecular weight excluding hydrogens is 297 g/mol. The number of halogens is 2. The van der Waals surface area contributed by atoms with Crippen molar-refractivity contribution in [3.05, 3.63) is 57.8 Å². The molecule has 94 valence electrons. The van der Waals surface area contributed by atoms with Crippen LogP contribution in [0.4, 0.5) is 10.1 Å². The van der Waals surface area contributed by atoms with Gasteiger partial charge in [0.1, 0.15) is 18.2 Å². The largest absolute Gasteiger partial charge is 0.487 e. The van der Waals surface area contributed by atoms with E-state index in [0.717, 1.165) is 15.6 Å². The van der Waals surface area contributed by atoms with Crippen LogP contribution in [0.1, 0.15) is 11.1 Å². The van der Waals surface area contributed by atoms with Crippen LogP contribution < -0.4 is 10.5 Å². The minimum Gasteiger partial charge on any atom is -0.487 e. The normalized spacial score (nSPS) is 10.4. The lowest BCUT2D eigenvalue weighted by molar-refractivity contribution is 0.306. The topological polar surface area (TPSA) is 35.2 Å². The number of rotatable bonds is 3. The maximum absolute atomic E-state index is 13.1. The van der Waals surface area contributed by atoms with Crippen LogP contribution in [0.5, 0.6) is 5.75 Å². The number of anilines is 1. The van der Waals surface area contributed by atoms with Crippen molar-refractivity contribution in [3.8, 4) is 5.75 Å². The predicted molar refractivity (Wildman–Crippen MR) is 74.0 cm³/mol. The van der Waals surface area contributed by atoms with E-state index >= 15 is 0 Å². The Balaban J connectivity index is 2.13. The molecule has 0 bridgehead atoms. The fourth-order valence-electron chi connectivity index (χ4n) is 1.60. The van der Waals surface area contributed by atoms with Crippen LogP contribution in [-0.2, 0) is 6.61 Å². The highest BCUT2D eigenvalue weighted by atomic mass is 79.9. The quantitative estimate of drug-likeness (QED) is 0.868. The van der Waals surface area contributed by atoms with Gasteiger partial charge in [0.05, 0.1) is 5.69 Å². The van der Waals surface area contributed by atoms with E-state index in [1.54, 1.807) is 18.2 Å². The lowest BCUT2D eigenvalue weighted by atomic mass is 10.1. The first kappa shape index (κ1) is 12.9. The van der Waals surface area contributed by atoms with Crippen molar-refractivity contribution < 1.29 is 9.13 Å². The Labute approximate surface area is 114 Å². The van der Waals surface area contributed by atoms with E-state index < -0.39 is 0 Å². The van der Waals surface area contributed by atoms with Crippen molar-refractivity contribution in [1.29, 1.82) is 0 Å². The Morgan fingerprint density at radius 2 is 2.00 bits per heavy atom. The molecule has 0 aliphatic heterocycles. The third kappa shape index (κ3) is 3.01. The molecule has 0 fully saturated rings. The van der Waals surface area contributed by atoms with Crippen LogP contribution in [0.2, 0.25) is 0 Å². The van der Waals surface area contributed by atoms with Crippen molar-refractivity contribution in [2.45, 2.75) is 13.5 Å². The van der Waals surface area contributed by atoms with Crippen LogP contribution in [0.25, 0.3) is 0 Å². The number of aryl methyl sites for hydroxylation is 1. The summed E-state index contributed by atoms with van der Waals surface area (Å²) in [4.78, 5) is 0. The number of hydrogen-bond acceptors (Lipinski definition) is 2. The Morgan fingerprint density at radius 1 is 1.22 bits per heavy atom. The molecule has 0 heterocycles. The first-order valence-corrected chi connectivity index (χ1v) is 6.28. The average Bonchev–Trinajstić information content (AvgIpc) is 2.32. The maximum Gasteiger partial charge on any atom is 0.142 e. The summed E-state index contributed by atoms with van der Waals surface area (Å²) in [5, 5.41) is 0. The Kier molecular flexibility index (Phi) is 3.87. The van der Waals surface area contributed by atoms with Crippen molar-refractivity contribution in [2.75, 3.05) is 5.73 Å². The van der Waals surface area contributed by atoms with Gasteiger partial charge >= 0.3 is 0 Å². The molecule has 0 aliphatic carbocycles. The first-order chi connectivity index (χ1) is 8.56. The van der Waals surface area contributed by atoms with Gasteiger partial charge in [-0.2, -0.15) is 0 Å². The summed E-state index contributed by atoms with van der Waals surface area (Å²) in [6.45, 7) is 2.22. The second kappa shape index (κ2) is 5.40. The van der Waals surface area contributed by atoms with E-state index in [1.165, 1.54) is 12.1 Å². The van der Waals surface area contributed by atoms with Gasteiger partial charge in [0.25, 0.3) is 0 Å². The molecule has 0 aromatic heterocycles. The maximum atomic E-state index is 13.1. The molecule has 0 aliphatic rings. The zero-order chi connectivity index (χ0) is 13.1. The molecular formula is C14H13BrFNO. The van der Waals surface area contributed by atoms with E-state index in [-0.39, 0.29) is 5.82 Å². The van der Waals surface area contributed by atoms with Crippen LogP contribution in [0.3, 0.4) is 0 Å². The van der Waals surface area contributed by atoms with Gasteiger partial charge in [-0.1, -0.05) is 22.0 Å². The van der Waals surface area contributed by atoms with Gasteiger partial charge in [-0.25, -0.2) is 4.39 Å². The summed E-state index contributed by atoms with van der Waals surface area (Å²) >= 11 is 3.33. The van der Waals surface area contributed by atoms with Gasteiger partial charge in [-0.3, -0.25) is 0 Å². The Hall–Kier alpha value is -1.55. The summed E-state index contributed by atoms with van der Waals surface area (Å²) in [6, 6.07) is 10.1. The second-order valence-electron chi connectivity index (χ2n) is 4.04. The monoisotopic (exact) mass is 309 g/mol. The third-order valence-electron chi connectivity index (χ3n) is 2.67. The van der Waals surface area contributed by atoms with Crippen molar-refractivity contribution >= 4 is 21.6 Å². The summed E-state index contributed by atoms with van der Waals surface area (Å²) in [5.74, 6) is 0.338. The van der Waals surface area contributed by atoms with Crippen LogP contribution in [-0.4, -0.2) is 0 Å². The molecule has 4 heteroatoms. The number of nitrogens with two attached hydrogens (primary N) is 1. The predicted octanol–water partition coefficient (Wildman–Crippen LogP) is 4.06. The third-order valence-corrected chi connectivity index (χ3v) is 3.16. The molecule has 18 heavy (non-hydrogen) atoms. The molecule has 2 nitrogen and oxygen atoms in total. The highest BCUT2D eigenvalue weighted by Gasteiger charge is 2.04. The van der Waals surface area contributed by atoms with Gasteiger partial charge in [-0.15, -0.1) is 0 Å². The van der Waals surface area contributed by atoms with Crippen molar-refractivity contribution in [2.24, 2.45) is 0 Å². The fourth-order valence-corrected chi connectivity index (χ4v) is 1.98. The molecule has 0 unspecified atom stereocenters. The van der Waals surface area contributed by atoms with Gasteiger partial charge in [-0.05, 0) is 48.4 Å². The number of nitrogen functional groups attached to an aromatic ring is 1. The van der Waals surface area contributed by atoms with E-state index in [0.29, 0.717) is 18.0 Å². The molecule has 0 atom stereocenters. The standard InChI is InChI=1S/C14H13BrFNO/c1-9-2-4-12(16)6-10(9)8-18-14-5-3-11(15)7-13(14)17/h2-7H,8,17H2,1H3. The highest BCUT2D eigenvalue weighted by Crippen LogP contribution is 2.26. The smallest absolute Gasteiger partial charge is 0.142 e. The lowest BCUT2D eigenvalue weighted by Crippen LogP contribution is -2.01. The van der Waals surface area contributed by atoms with Gasteiger partial charge in [0.15, 0.2) is 0 Å². The van der Waals surface area contributed by atoms with Crippen molar-refractivity contribution in [3.63, 3.8) is 0 Å². The van der Waals surface area contributed by atoms with Gasteiger partial charge < -0.3 is 10.5 Å². The Morgan fingerprint density at radius 3 is 2.72 bits per heavy atom. The number of hydrogen-bond donors (Lipinski definition) is 1. The molecule has 0 spiro atoms. The minimum atomic E-state index is -0.261. The van der Waals surface area contributed by atoms with E-state index in [1.807, 2.05) is 13.0 Å². The summed E-state index contributed by atoms with van der Waals surface area (Å²) in [5.41, 5.74) is 8.19. The average molecular weight is 310 g/mol. The Bertz CT molecular complexity index is 572. The fraction of sp³-hybridized carbons (Fsp3) is 0.143. The summed E-state index contributed by atoms with van der Waals surface area (Å²) in [7, 11) is 0. The van der Waals surface area contributed by atoms with Gasteiger partial charge in [0.2, 0.25) is 0 Å². The minimum absolute atomic E-state index is 0.261. The molecule has 0 radical (unpaired) electrons. The molecule has 2 aromatic rings. The van der Waals surface area contributed by atoms with E-state index in [4.69, 9.17) is 10.5 Å². The molecule has 2 rings (SSSR count).